The SMILES string of the molecule is c1cc(-c2ccc(N(c3ccc(-c4ccc5c(c4)oc4ccccc45)cc3)c3ccccc3-c3ccc4c(c3)sc3ccccc34)cc2)cc(-c2ccc3ccccc3c2)c1. The van der Waals surface area contributed by atoms with E-state index in [1.165, 1.54) is 64.3 Å². The third-order valence-electron chi connectivity index (χ3n) is 12.1. The van der Waals surface area contributed by atoms with Gasteiger partial charge in [-0.1, -0.05) is 152 Å². The van der Waals surface area contributed by atoms with Gasteiger partial charge in [-0.25, -0.2) is 0 Å². The molecule has 2 heterocycles. The monoisotopic (exact) mass is 795 g/mol. The van der Waals surface area contributed by atoms with Gasteiger partial charge in [0.25, 0.3) is 0 Å². The highest BCUT2D eigenvalue weighted by atomic mass is 32.1. The van der Waals surface area contributed by atoms with Crippen molar-refractivity contribution in [1.29, 1.82) is 0 Å². The van der Waals surface area contributed by atoms with E-state index in [4.69, 9.17) is 4.42 Å². The highest BCUT2D eigenvalue weighted by Crippen LogP contribution is 2.44. The van der Waals surface area contributed by atoms with Crippen LogP contribution in [-0.2, 0) is 0 Å². The van der Waals surface area contributed by atoms with Gasteiger partial charge in [0.15, 0.2) is 0 Å². The molecule has 0 unspecified atom stereocenters. The van der Waals surface area contributed by atoms with Crippen molar-refractivity contribution >= 4 is 81.3 Å². The minimum Gasteiger partial charge on any atom is -0.456 e. The van der Waals surface area contributed by atoms with Gasteiger partial charge in [0, 0.05) is 47.9 Å². The van der Waals surface area contributed by atoms with Crippen LogP contribution in [0.1, 0.15) is 0 Å². The number of benzene rings is 10. The fraction of sp³-hybridized carbons (Fsp3) is 0. The van der Waals surface area contributed by atoms with E-state index < -0.39 is 0 Å². The molecule has 0 N–H and O–H groups in total. The maximum absolute atomic E-state index is 6.27. The van der Waals surface area contributed by atoms with E-state index >= 15 is 0 Å². The number of thiophene rings is 1. The molecular formula is C58H37NOS. The lowest BCUT2D eigenvalue weighted by atomic mass is 9.97. The average molecular weight is 796 g/mol. The quantitative estimate of drug-likeness (QED) is 0.160. The molecule has 2 aromatic heterocycles. The summed E-state index contributed by atoms with van der Waals surface area (Å²) in [4.78, 5) is 2.39. The molecule has 12 rings (SSSR count). The van der Waals surface area contributed by atoms with Crippen LogP contribution < -0.4 is 4.90 Å². The van der Waals surface area contributed by atoms with Gasteiger partial charge in [-0.2, -0.15) is 0 Å². The number of anilines is 3. The molecule has 0 aliphatic carbocycles. The lowest BCUT2D eigenvalue weighted by molar-refractivity contribution is 0.669. The first kappa shape index (κ1) is 35.2. The molecule has 0 fully saturated rings. The highest BCUT2D eigenvalue weighted by molar-refractivity contribution is 7.25. The number of para-hydroxylation sites is 2. The van der Waals surface area contributed by atoms with Crippen LogP contribution in [0.2, 0.25) is 0 Å². The number of furan rings is 1. The highest BCUT2D eigenvalue weighted by Gasteiger charge is 2.19. The first-order valence-corrected chi connectivity index (χ1v) is 21.5. The molecular weight excluding hydrogens is 759 g/mol. The van der Waals surface area contributed by atoms with Crippen molar-refractivity contribution in [2.75, 3.05) is 4.90 Å². The predicted molar refractivity (Wildman–Crippen MR) is 261 cm³/mol. The third-order valence-corrected chi connectivity index (χ3v) is 13.2. The molecule has 286 valence electrons. The molecule has 12 aromatic rings. The van der Waals surface area contributed by atoms with Crippen LogP contribution in [0.5, 0.6) is 0 Å². The number of hydrogen-bond acceptors (Lipinski definition) is 3. The van der Waals surface area contributed by atoms with Crippen LogP contribution in [-0.4, -0.2) is 0 Å². The van der Waals surface area contributed by atoms with Crippen LogP contribution in [0.25, 0.3) is 97.4 Å². The summed E-state index contributed by atoms with van der Waals surface area (Å²) in [7, 11) is 0. The zero-order chi connectivity index (χ0) is 40.3. The van der Waals surface area contributed by atoms with E-state index in [0.717, 1.165) is 50.1 Å². The van der Waals surface area contributed by atoms with E-state index in [0.29, 0.717) is 0 Å². The molecule has 0 saturated heterocycles. The molecule has 10 aromatic carbocycles. The van der Waals surface area contributed by atoms with Gasteiger partial charge in [0.1, 0.15) is 11.2 Å². The first-order valence-electron chi connectivity index (χ1n) is 20.7. The van der Waals surface area contributed by atoms with Gasteiger partial charge in [-0.3, -0.25) is 0 Å². The summed E-state index contributed by atoms with van der Waals surface area (Å²) in [5.41, 5.74) is 14.5. The second-order valence-corrected chi connectivity index (χ2v) is 16.8. The molecule has 0 radical (unpaired) electrons. The fourth-order valence-corrected chi connectivity index (χ4v) is 10.1. The van der Waals surface area contributed by atoms with Gasteiger partial charge in [-0.15, -0.1) is 11.3 Å². The third kappa shape index (κ3) is 6.26. The number of hydrogen-bond donors (Lipinski definition) is 0. The largest absolute Gasteiger partial charge is 0.456 e. The summed E-state index contributed by atoms with van der Waals surface area (Å²) in [5, 5.41) is 7.39. The second kappa shape index (κ2) is 14.5. The summed E-state index contributed by atoms with van der Waals surface area (Å²) >= 11 is 1.86. The van der Waals surface area contributed by atoms with E-state index in [9.17, 15) is 0 Å². The molecule has 0 saturated carbocycles. The maximum Gasteiger partial charge on any atom is 0.136 e. The number of nitrogens with zero attached hydrogens (tertiary/aromatic N) is 1. The smallest absolute Gasteiger partial charge is 0.136 e. The molecule has 3 heteroatoms. The number of fused-ring (bicyclic) bond motifs is 7. The van der Waals surface area contributed by atoms with Crippen LogP contribution in [0.4, 0.5) is 17.1 Å². The van der Waals surface area contributed by atoms with E-state index in [2.05, 4.69) is 217 Å². The Labute approximate surface area is 357 Å². The zero-order valence-electron chi connectivity index (χ0n) is 33.1. The Balaban J connectivity index is 0.946. The Morgan fingerprint density at radius 1 is 0.311 bits per heavy atom. The Morgan fingerprint density at radius 2 is 0.869 bits per heavy atom. The standard InChI is InChI=1S/C58H37NOS/c1-2-11-41-35-44(21-20-38(41)10-1)43-13-9-12-42(34-43)39-22-28-47(29-23-39)59(48-30-24-40(25-31-48)45-26-32-51-50-15-4-7-18-55(50)60-56(51)36-45)54-17-6-3-14-49(54)46-27-33-53-52-16-5-8-19-57(52)61-58(53)37-46/h1-37H. The Bertz CT molecular complexity index is 3590. The van der Waals surface area contributed by atoms with Crippen molar-refractivity contribution in [3.8, 4) is 44.5 Å². The van der Waals surface area contributed by atoms with Crippen LogP contribution >= 0.6 is 11.3 Å². The fourth-order valence-electron chi connectivity index (χ4n) is 8.99. The Kier molecular flexibility index (Phi) is 8.39. The molecule has 2 nitrogen and oxygen atoms in total. The van der Waals surface area contributed by atoms with Gasteiger partial charge in [-0.05, 0) is 123 Å². The van der Waals surface area contributed by atoms with Crippen LogP contribution in [0.15, 0.2) is 229 Å². The first-order chi connectivity index (χ1) is 30.2. The maximum atomic E-state index is 6.27. The summed E-state index contributed by atoms with van der Waals surface area (Å²) in [6.45, 7) is 0. The minimum absolute atomic E-state index is 0.900. The van der Waals surface area contributed by atoms with E-state index in [1.807, 2.05) is 23.5 Å². The molecule has 0 aliphatic rings. The van der Waals surface area contributed by atoms with Crippen molar-refractivity contribution in [2.24, 2.45) is 0 Å². The molecule has 0 spiro atoms. The summed E-state index contributed by atoms with van der Waals surface area (Å²) < 4.78 is 8.87. The van der Waals surface area contributed by atoms with Gasteiger partial charge < -0.3 is 9.32 Å². The molecule has 61 heavy (non-hydrogen) atoms. The predicted octanol–water partition coefficient (Wildman–Crippen LogP) is 17.2. The lowest BCUT2D eigenvalue weighted by Gasteiger charge is -2.28. The second-order valence-electron chi connectivity index (χ2n) is 15.7. The van der Waals surface area contributed by atoms with Crippen molar-refractivity contribution in [1.82, 2.24) is 0 Å². The van der Waals surface area contributed by atoms with E-state index in [1.54, 1.807) is 0 Å². The molecule has 0 amide bonds. The number of rotatable bonds is 7. The van der Waals surface area contributed by atoms with Gasteiger partial charge in [0.2, 0.25) is 0 Å². The van der Waals surface area contributed by atoms with Crippen molar-refractivity contribution < 1.29 is 4.42 Å². The van der Waals surface area contributed by atoms with Crippen molar-refractivity contribution in [3.63, 3.8) is 0 Å². The summed E-state index contributed by atoms with van der Waals surface area (Å²) in [5.74, 6) is 0. The summed E-state index contributed by atoms with van der Waals surface area (Å²) in [6.07, 6.45) is 0. The van der Waals surface area contributed by atoms with E-state index in [-0.39, 0.29) is 0 Å². The Morgan fingerprint density at radius 3 is 1.69 bits per heavy atom. The molecule has 0 aliphatic heterocycles. The average Bonchev–Trinajstić information content (AvgIpc) is 3.90. The lowest BCUT2D eigenvalue weighted by Crippen LogP contribution is -2.11. The Hall–Kier alpha value is -7.72. The summed E-state index contributed by atoms with van der Waals surface area (Å²) in [6, 6.07) is 81.3. The van der Waals surface area contributed by atoms with Crippen LogP contribution in [0, 0.1) is 0 Å². The minimum atomic E-state index is 0.900. The van der Waals surface area contributed by atoms with Crippen molar-refractivity contribution in [2.45, 2.75) is 0 Å². The van der Waals surface area contributed by atoms with Gasteiger partial charge >= 0.3 is 0 Å². The topological polar surface area (TPSA) is 16.4 Å². The van der Waals surface area contributed by atoms with Gasteiger partial charge in [0.05, 0.1) is 5.69 Å². The van der Waals surface area contributed by atoms with Crippen LogP contribution in [0.3, 0.4) is 0 Å². The molecule has 0 bridgehead atoms. The molecule has 0 atom stereocenters. The normalized spacial score (nSPS) is 11.6. The van der Waals surface area contributed by atoms with Crippen molar-refractivity contribution in [3.05, 3.63) is 224 Å². The zero-order valence-corrected chi connectivity index (χ0v) is 33.9.